The third-order valence-corrected chi connectivity index (χ3v) is 11.9. The number of sulfonamides is 1. The van der Waals surface area contributed by atoms with Crippen LogP contribution >= 0.6 is 11.6 Å². The van der Waals surface area contributed by atoms with Gasteiger partial charge < -0.3 is 15.4 Å². The Bertz CT molecular complexity index is 1900. The van der Waals surface area contributed by atoms with Crippen LogP contribution in [0.15, 0.2) is 89.8 Å². The molecular formula is C37H38ClF2N3O4S. The Labute approximate surface area is 284 Å². The molecule has 4 aromatic carbocycles. The summed E-state index contributed by atoms with van der Waals surface area (Å²) in [7, 11) is -4.58. The molecule has 4 atom stereocenters. The summed E-state index contributed by atoms with van der Waals surface area (Å²) in [6, 6.07) is 19.8. The normalized spacial score (nSPS) is 22.2. The van der Waals surface area contributed by atoms with E-state index in [0.29, 0.717) is 21.7 Å². The molecule has 7 nitrogen and oxygen atoms in total. The number of hydrogen-bond donors (Lipinski definition) is 2. The molecule has 11 heteroatoms. The molecule has 3 fully saturated rings. The first-order valence-corrected chi connectivity index (χ1v) is 18.4. The van der Waals surface area contributed by atoms with Crippen molar-refractivity contribution in [2.75, 3.05) is 13.1 Å². The standard InChI is InChI=1S/C37H38ClF2N3O4S/c38-30-15-9-24(10-16-30)23-7-13-29(14-8-23)37(39,40)35(36(44)43-21-27-5-6-28(22-43)34(27)41)42-48(45,46)33-18-12-25-19-32(17-11-26(25)20-33)47-31-3-1-2-4-31/h7-20,27-28,31,34-35,42H,1-6,21-22,41H2/t27-,28+,34?,35?. The van der Waals surface area contributed by atoms with Crippen LogP contribution in [0.5, 0.6) is 5.75 Å². The van der Waals surface area contributed by atoms with E-state index >= 15 is 8.78 Å². The molecule has 252 valence electrons. The van der Waals surface area contributed by atoms with E-state index in [0.717, 1.165) is 49.5 Å². The van der Waals surface area contributed by atoms with Crippen molar-refractivity contribution in [3.63, 3.8) is 0 Å². The number of alkyl halides is 2. The molecule has 1 saturated heterocycles. The molecular weight excluding hydrogens is 656 g/mol. The number of halogens is 3. The van der Waals surface area contributed by atoms with Crippen molar-refractivity contribution in [3.05, 3.63) is 95.5 Å². The third kappa shape index (κ3) is 6.55. The molecule has 0 aromatic heterocycles. The van der Waals surface area contributed by atoms with Gasteiger partial charge in [0.05, 0.1) is 11.0 Å². The molecule has 7 rings (SSSR count). The fraction of sp³-hybridized carbons (Fsp3) is 0.378. The minimum atomic E-state index is -4.58. The predicted octanol–water partition coefficient (Wildman–Crippen LogP) is 7.12. The number of hydrogen-bond acceptors (Lipinski definition) is 5. The lowest BCUT2D eigenvalue weighted by atomic mass is 9.91. The molecule has 2 aliphatic carbocycles. The van der Waals surface area contributed by atoms with Gasteiger partial charge in [-0.3, -0.25) is 4.79 Å². The molecule has 2 saturated carbocycles. The van der Waals surface area contributed by atoms with Crippen LogP contribution in [0.25, 0.3) is 21.9 Å². The Morgan fingerprint density at radius 1 is 0.854 bits per heavy atom. The van der Waals surface area contributed by atoms with Gasteiger partial charge in [-0.15, -0.1) is 0 Å². The van der Waals surface area contributed by atoms with E-state index in [1.54, 1.807) is 42.5 Å². The topological polar surface area (TPSA) is 102 Å². The van der Waals surface area contributed by atoms with Crippen LogP contribution in [-0.2, 0) is 20.7 Å². The number of carbonyl (C=O) groups is 1. The average molecular weight is 694 g/mol. The summed E-state index contributed by atoms with van der Waals surface area (Å²) in [5.41, 5.74) is 7.29. The summed E-state index contributed by atoms with van der Waals surface area (Å²) in [5, 5.41) is 1.90. The van der Waals surface area contributed by atoms with Gasteiger partial charge in [0.1, 0.15) is 5.75 Å². The predicted molar refractivity (Wildman–Crippen MR) is 182 cm³/mol. The summed E-state index contributed by atoms with van der Waals surface area (Å²) in [6.45, 7) is 0.420. The third-order valence-electron chi connectivity index (χ3n) is 10.2. The number of ether oxygens (including phenoxy) is 1. The maximum Gasteiger partial charge on any atom is 0.298 e. The quantitative estimate of drug-likeness (QED) is 0.195. The second kappa shape index (κ2) is 13.0. The molecule has 0 radical (unpaired) electrons. The zero-order chi connectivity index (χ0) is 33.6. The van der Waals surface area contributed by atoms with E-state index in [1.165, 1.54) is 41.3 Å². The molecule has 2 bridgehead atoms. The highest BCUT2D eigenvalue weighted by atomic mass is 35.5. The van der Waals surface area contributed by atoms with Crippen LogP contribution in [-0.4, -0.2) is 50.5 Å². The van der Waals surface area contributed by atoms with Crippen LogP contribution in [0.4, 0.5) is 8.78 Å². The Morgan fingerprint density at radius 2 is 1.44 bits per heavy atom. The SMILES string of the molecule is NC1[C@@H]2CC[C@H]1CN(C(=O)C(NS(=O)(=O)c1ccc3cc(OC4CCCC4)ccc3c1)C(F)(F)c1ccc(-c3ccc(Cl)cc3)cc1)C2. The minimum absolute atomic E-state index is 0.0136. The smallest absolute Gasteiger partial charge is 0.298 e. The van der Waals surface area contributed by atoms with Crippen LogP contribution < -0.4 is 15.2 Å². The number of nitrogens with two attached hydrogens (primary N) is 1. The number of fused-ring (bicyclic) bond motifs is 3. The molecule has 3 N–H and O–H groups in total. The number of nitrogens with one attached hydrogen (secondary N) is 1. The van der Waals surface area contributed by atoms with Gasteiger partial charge >= 0.3 is 0 Å². The highest BCUT2D eigenvalue weighted by Gasteiger charge is 2.52. The van der Waals surface area contributed by atoms with Crippen molar-refractivity contribution in [2.24, 2.45) is 17.6 Å². The van der Waals surface area contributed by atoms with Gasteiger partial charge in [-0.1, -0.05) is 60.1 Å². The molecule has 0 spiro atoms. The summed E-state index contributed by atoms with van der Waals surface area (Å²) in [4.78, 5) is 15.2. The first-order valence-electron chi connectivity index (χ1n) is 16.5. The van der Waals surface area contributed by atoms with Gasteiger partial charge in [0.15, 0.2) is 6.04 Å². The Balaban J connectivity index is 1.18. The van der Waals surface area contributed by atoms with Gasteiger partial charge in [0.2, 0.25) is 15.9 Å². The average Bonchev–Trinajstić information content (AvgIpc) is 3.65. The maximum atomic E-state index is 16.6. The highest BCUT2D eigenvalue weighted by molar-refractivity contribution is 7.89. The Hall–Kier alpha value is -3.57. The Kier molecular flexibility index (Phi) is 8.95. The lowest BCUT2D eigenvalue weighted by Crippen LogP contribution is -2.60. The fourth-order valence-electron chi connectivity index (χ4n) is 7.46. The summed E-state index contributed by atoms with van der Waals surface area (Å²) >= 11 is 6.00. The van der Waals surface area contributed by atoms with Gasteiger partial charge in [0, 0.05) is 29.7 Å². The number of piperidine rings is 1. The summed E-state index contributed by atoms with van der Waals surface area (Å²) in [6.07, 6.45) is 6.05. The number of carbonyl (C=O) groups excluding carboxylic acids is 1. The Morgan fingerprint density at radius 3 is 2.08 bits per heavy atom. The maximum absolute atomic E-state index is 16.6. The van der Waals surface area contributed by atoms with Crippen molar-refractivity contribution in [2.45, 2.75) is 67.5 Å². The monoisotopic (exact) mass is 693 g/mol. The van der Waals surface area contributed by atoms with E-state index in [1.807, 2.05) is 6.07 Å². The van der Waals surface area contributed by atoms with Crippen molar-refractivity contribution in [1.82, 2.24) is 9.62 Å². The molecule has 48 heavy (non-hydrogen) atoms. The number of likely N-dealkylation sites (tertiary alicyclic amines) is 1. The van der Waals surface area contributed by atoms with E-state index in [2.05, 4.69) is 4.72 Å². The van der Waals surface area contributed by atoms with Crippen molar-refractivity contribution in [1.29, 1.82) is 0 Å². The first kappa shape index (κ1) is 33.0. The van der Waals surface area contributed by atoms with E-state index in [9.17, 15) is 13.2 Å². The van der Waals surface area contributed by atoms with Crippen molar-refractivity contribution in [3.8, 4) is 16.9 Å². The fourth-order valence-corrected chi connectivity index (χ4v) is 8.82. The van der Waals surface area contributed by atoms with Crippen LogP contribution in [0.1, 0.15) is 44.1 Å². The molecule has 1 amide bonds. The zero-order valence-electron chi connectivity index (χ0n) is 26.3. The second-order valence-electron chi connectivity index (χ2n) is 13.4. The van der Waals surface area contributed by atoms with Gasteiger partial charge in [-0.05, 0) is 109 Å². The number of nitrogens with zero attached hydrogens (tertiary/aromatic N) is 1. The summed E-state index contributed by atoms with van der Waals surface area (Å²) in [5.74, 6) is -4.18. The number of benzene rings is 4. The summed E-state index contributed by atoms with van der Waals surface area (Å²) < 4.78 is 69.1. The first-order chi connectivity index (χ1) is 23.0. The molecule has 4 aromatic rings. The van der Waals surface area contributed by atoms with Crippen LogP contribution in [0.2, 0.25) is 5.02 Å². The van der Waals surface area contributed by atoms with E-state index in [-0.39, 0.29) is 42.0 Å². The molecule has 3 aliphatic rings. The van der Waals surface area contributed by atoms with Crippen molar-refractivity contribution >= 4 is 38.3 Å². The number of amides is 1. The van der Waals surface area contributed by atoms with Gasteiger partial charge in [0.25, 0.3) is 5.92 Å². The van der Waals surface area contributed by atoms with Gasteiger partial charge in [-0.2, -0.15) is 13.5 Å². The van der Waals surface area contributed by atoms with E-state index in [4.69, 9.17) is 22.1 Å². The van der Waals surface area contributed by atoms with E-state index < -0.39 is 33.5 Å². The molecule has 1 aliphatic heterocycles. The highest BCUT2D eigenvalue weighted by Crippen LogP contribution is 2.39. The van der Waals surface area contributed by atoms with Crippen LogP contribution in [0.3, 0.4) is 0 Å². The molecule has 2 unspecified atom stereocenters. The number of rotatable bonds is 9. The molecule has 1 heterocycles. The minimum Gasteiger partial charge on any atom is -0.490 e. The van der Waals surface area contributed by atoms with Crippen LogP contribution in [0, 0.1) is 11.8 Å². The second-order valence-corrected chi connectivity index (χ2v) is 15.5. The lowest BCUT2D eigenvalue weighted by Gasteiger charge is -2.39. The van der Waals surface area contributed by atoms with Gasteiger partial charge in [-0.25, -0.2) is 8.42 Å². The zero-order valence-corrected chi connectivity index (χ0v) is 27.9. The largest absolute Gasteiger partial charge is 0.490 e. The lowest BCUT2D eigenvalue weighted by molar-refractivity contribution is -0.146. The van der Waals surface area contributed by atoms with Crippen molar-refractivity contribution < 1.29 is 26.7 Å².